The standard InChI is InChI=1S/C22H22N2O3S/c25-28(26,18-11-12-18)24-14-13-20-19(15-24)22(23-27-20)21(16-7-3-1-4-8-16)17-9-5-2-6-10-17/h1-10,18,21H,11-15H2. The van der Waals surface area contributed by atoms with E-state index in [1.807, 2.05) is 36.4 Å². The molecule has 2 aliphatic rings. The molecule has 1 aromatic heterocycles. The van der Waals surface area contributed by atoms with Crippen LogP contribution in [-0.4, -0.2) is 29.7 Å². The van der Waals surface area contributed by atoms with Crippen LogP contribution in [0.15, 0.2) is 65.2 Å². The third-order valence-corrected chi connectivity index (χ3v) is 8.01. The summed E-state index contributed by atoms with van der Waals surface area (Å²) in [6, 6.07) is 20.4. The first-order valence-corrected chi connectivity index (χ1v) is 11.2. The average molecular weight is 394 g/mol. The molecule has 144 valence electrons. The van der Waals surface area contributed by atoms with Gasteiger partial charge in [-0.25, -0.2) is 8.42 Å². The topological polar surface area (TPSA) is 63.4 Å². The predicted molar refractivity (Wildman–Crippen MR) is 106 cm³/mol. The van der Waals surface area contributed by atoms with Crippen molar-refractivity contribution in [2.75, 3.05) is 6.54 Å². The van der Waals surface area contributed by atoms with Crippen LogP contribution in [0.2, 0.25) is 0 Å². The van der Waals surface area contributed by atoms with E-state index in [0.717, 1.165) is 41.0 Å². The van der Waals surface area contributed by atoms with Gasteiger partial charge in [0.05, 0.1) is 11.2 Å². The van der Waals surface area contributed by atoms with Crippen LogP contribution in [0.4, 0.5) is 0 Å². The molecule has 0 spiro atoms. The maximum Gasteiger partial charge on any atom is 0.217 e. The summed E-state index contributed by atoms with van der Waals surface area (Å²) >= 11 is 0. The van der Waals surface area contributed by atoms with Gasteiger partial charge in [-0.3, -0.25) is 0 Å². The maximum absolute atomic E-state index is 12.8. The molecule has 3 aromatic rings. The first-order chi connectivity index (χ1) is 13.6. The fourth-order valence-electron chi connectivity index (χ4n) is 4.02. The Morgan fingerprint density at radius 3 is 2.14 bits per heavy atom. The zero-order valence-corrected chi connectivity index (χ0v) is 16.3. The Kier molecular flexibility index (Phi) is 4.33. The Balaban J connectivity index is 1.58. The van der Waals surface area contributed by atoms with Crippen molar-refractivity contribution in [2.24, 2.45) is 0 Å². The Bertz CT molecular complexity index is 1030. The number of sulfonamides is 1. The molecule has 0 amide bonds. The van der Waals surface area contributed by atoms with Gasteiger partial charge in [0.25, 0.3) is 0 Å². The Morgan fingerprint density at radius 2 is 1.57 bits per heavy atom. The molecule has 2 aromatic carbocycles. The first-order valence-electron chi connectivity index (χ1n) is 9.71. The first kappa shape index (κ1) is 17.6. The van der Waals surface area contributed by atoms with Crippen LogP contribution in [0.1, 0.15) is 46.9 Å². The normalized spacial score (nSPS) is 17.6. The lowest BCUT2D eigenvalue weighted by atomic mass is 9.86. The van der Waals surface area contributed by atoms with E-state index in [-0.39, 0.29) is 11.2 Å². The highest BCUT2D eigenvalue weighted by Crippen LogP contribution is 2.38. The highest BCUT2D eigenvalue weighted by molar-refractivity contribution is 7.90. The summed E-state index contributed by atoms with van der Waals surface area (Å²) in [5.74, 6) is 0.729. The molecule has 2 heterocycles. The fraction of sp³-hybridized carbons (Fsp3) is 0.318. The fourth-order valence-corrected chi connectivity index (χ4v) is 5.83. The van der Waals surface area contributed by atoms with E-state index in [9.17, 15) is 8.42 Å². The van der Waals surface area contributed by atoms with Gasteiger partial charge in [-0.15, -0.1) is 0 Å². The van der Waals surface area contributed by atoms with E-state index < -0.39 is 10.0 Å². The van der Waals surface area contributed by atoms with E-state index in [4.69, 9.17) is 4.52 Å². The molecule has 1 saturated carbocycles. The SMILES string of the molecule is O=S(=O)(C1CC1)N1CCc2onc(C(c3ccccc3)c3ccccc3)c2C1. The van der Waals surface area contributed by atoms with Gasteiger partial charge in [-0.1, -0.05) is 65.8 Å². The number of hydrogen-bond donors (Lipinski definition) is 0. The van der Waals surface area contributed by atoms with Gasteiger partial charge in [0.2, 0.25) is 10.0 Å². The number of fused-ring (bicyclic) bond motifs is 1. The molecule has 5 rings (SSSR count). The zero-order valence-electron chi connectivity index (χ0n) is 15.5. The third kappa shape index (κ3) is 3.06. The van der Waals surface area contributed by atoms with Crippen molar-refractivity contribution in [3.05, 3.63) is 88.8 Å². The second-order valence-corrected chi connectivity index (χ2v) is 9.76. The molecule has 0 radical (unpaired) electrons. The van der Waals surface area contributed by atoms with E-state index in [2.05, 4.69) is 29.4 Å². The van der Waals surface area contributed by atoms with Crippen LogP contribution < -0.4 is 0 Å². The van der Waals surface area contributed by atoms with Crippen LogP contribution in [0, 0.1) is 0 Å². The summed E-state index contributed by atoms with van der Waals surface area (Å²) in [4.78, 5) is 0. The van der Waals surface area contributed by atoms with Crippen LogP contribution in [0.25, 0.3) is 0 Å². The van der Waals surface area contributed by atoms with Gasteiger partial charge in [0, 0.05) is 25.1 Å². The average Bonchev–Trinajstić information content (AvgIpc) is 3.52. The molecular formula is C22H22N2O3S. The molecule has 1 fully saturated rings. The smallest absolute Gasteiger partial charge is 0.217 e. The Morgan fingerprint density at radius 1 is 0.964 bits per heavy atom. The van der Waals surface area contributed by atoms with Gasteiger partial charge in [-0.05, 0) is 24.0 Å². The van der Waals surface area contributed by atoms with Crippen LogP contribution in [-0.2, 0) is 23.0 Å². The number of nitrogens with zero attached hydrogens (tertiary/aromatic N) is 2. The predicted octanol–water partition coefficient (Wildman–Crippen LogP) is 3.71. The molecule has 0 unspecified atom stereocenters. The molecule has 1 aliphatic carbocycles. The van der Waals surface area contributed by atoms with Gasteiger partial charge >= 0.3 is 0 Å². The van der Waals surface area contributed by atoms with Crippen molar-refractivity contribution >= 4 is 10.0 Å². The van der Waals surface area contributed by atoms with Crippen LogP contribution in [0.5, 0.6) is 0 Å². The largest absolute Gasteiger partial charge is 0.361 e. The van der Waals surface area contributed by atoms with Crippen molar-refractivity contribution < 1.29 is 12.9 Å². The minimum absolute atomic E-state index is 0.0847. The van der Waals surface area contributed by atoms with E-state index >= 15 is 0 Å². The van der Waals surface area contributed by atoms with Crippen molar-refractivity contribution in [3.8, 4) is 0 Å². The molecule has 0 N–H and O–H groups in total. The summed E-state index contributed by atoms with van der Waals surface area (Å²) in [6.07, 6.45) is 2.13. The van der Waals surface area contributed by atoms with E-state index in [0.29, 0.717) is 19.5 Å². The highest BCUT2D eigenvalue weighted by atomic mass is 32.2. The molecule has 0 atom stereocenters. The Labute approximate surface area is 165 Å². The lowest BCUT2D eigenvalue weighted by Crippen LogP contribution is -2.38. The van der Waals surface area contributed by atoms with E-state index in [1.54, 1.807) is 4.31 Å². The van der Waals surface area contributed by atoms with Gasteiger partial charge in [0.1, 0.15) is 11.5 Å². The van der Waals surface area contributed by atoms with Crippen molar-refractivity contribution in [1.29, 1.82) is 0 Å². The second-order valence-electron chi connectivity index (χ2n) is 7.55. The lowest BCUT2D eigenvalue weighted by molar-refractivity contribution is 0.330. The quantitative estimate of drug-likeness (QED) is 0.662. The molecular weight excluding hydrogens is 372 g/mol. The summed E-state index contributed by atoms with van der Waals surface area (Å²) in [5, 5.41) is 4.23. The molecule has 0 bridgehead atoms. The maximum atomic E-state index is 12.8. The minimum Gasteiger partial charge on any atom is -0.361 e. The number of aromatic nitrogens is 1. The second kappa shape index (κ2) is 6.87. The highest BCUT2D eigenvalue weighted by Gasteiger charge is 2.42. The molecule has 5 nitrogen and oxygen atoms in total. The molecule has 1 aliphatic heterocycles. The minimum atomic E-state index is -3.22. The van der Waals surface area contributed by atoms with Gasteiger partial charge < -0.3 is 4.52 Å². The summed E-state index contributed by atoms with van der Waals surface area (Å²) in [5.41, 5.74) is 3.98. The molecule has 6 heteroatoms. The van der Waals surface area contributed by atoms with Crippen LogP contribution >= 0.6 is 0 Å². The summed E-state index contributed by atoms with van der Waals surface area (Å²) < 4.78 is 32.9. The van der Waals surface area contributed by atoms with Gasteiger partial charge in [-0.2, -0.15) is 4.31 Å². The molecule has 28 heavy (non-hydrogen) atoms. The van der Waals surface area contributed by atoms with Crippen molar-refractivity contribution in [2.45, 2.75) is 37.0 Å². The zero-order chi connectivity index (χ0) is 19.1. The van der Waals surface area contributed by atoms with Crippen molar-refractivity contribution in [3.63, 3.8) is 0 Å². The lowest BCUT2D eigenvalue weighted by Gasteiger charge is -2.26. The number of rotatable bonds is 5. The third-order valence-electron chi connectivity index (χ3n) is 5.67. The van der Waals surface area contributed by atoms with Crippen molar-refractivity contribution in [1.82, 2.24) is 9.46 Å². The monoisotopic (exact) mass is 394 g/mol. The number of benzene rings is 2. The number of hydrogen-bond acceptors (Lipinski definition) is 4. The summed E-state index contributed by atoms with van der Waals surface area (Å²) in [7, 11) is -3.22. The van der Waals surface area contributed by atoms with E-state index in [1.165, 1.54) is 0 Å². The van der Waals surface area contributed by atoms with Gasteiger partial charge in [0.15, 0.2) is 0 Å². The van der Waals surface area contributed by atoms with Crippen LogP contribution in [0.3, 0.4) is 0 Å². The summed E-state index contributed by atoms with van der Waals surface area (Å²) in [6.45, 7) is 0.824. The Hall–Kier alpha value is -2.44. The molecule has 0 saturated heterocycles.